The Bertz CT molecular complexity index is 1480. The highest BCUT2D eigenvalue weighted by molar-refractivity contribution is 7.85. The largest absolute Gasteiger partial charge is 0.543 e. The zero-order valence-corrected chi connectivity index (χ0v) is 28.3. The van der Waals surface area contributed by atoms with E-state index >= 15 is 0 Å². The van der Waals surface area contributed by atoms with E-state index in [4.69, 9.17) is 33.3 Å². The van der Waals surface area contributed by atoms with Gasteiger partial charge in [-0.3, -0.25) is 4.55 Å². The van der Waals surface area contributed by atoms with Gasteiger partial charge in [-0.05, 0) is 80.9 Å². The van der Waals surface area contributed by atoms with Gasteiger partial charge in [-0.2, -0.15) is 13.5 Å². The maximum Gasteiger partial charge on any atom is 0.265 e. The van der Waals surface area contributed by atoms with Crippen LogP contribution in [0.3, 0.4) is 0 Å². The van der Waals surface area contributed by atoms with Crippen LogP contribution in [0.15, 0.2) is 36.4 Å². The molecule has 1 unspecified atom stereocenters. The van der Waals surface area contributed by atoms with Gasteiger partial charge in [-0.15, -0.1) is 0 Å². The summed E-state index contributed by atoms with van der Waals surface area (Å²) in [5.41, 5.74) is 2.41. The van der Waals surface area contributed by atoms with Crippen molar-refractivity contribution in [1.82, 2.24) is 14.8 Å². The van der Waals surface area contributed by atoms with Crippen LogP contribution in [0.5, 0.6) is 11.6 Å². The lowest BCUT2D eigenvalue weighted by molar-refractivity contribution is -0.0365. The van der Waals surface area contributed by atoms with E-state index in [9.17, 15) is 8.42 Å². The summed E-state index contributed by atoms with van der Waals surface area (Å²) in [5, 5.41) is 6.05. The summed E-state index contributed by atoms with van der Waals surface area (Å²) in [6.07, 6.45) is 3.15. The molecular formula is C31H47N3O7SSi. The minimum atomic E-state index is -3.99. The fraction of sp³-hybridized carbons (Fsp3) is 0.613. The highest BCUT2D eigenvalue weighted by Crippen LogP contribution is 2.39. The van der Waals surface area contributed by atoms with Crippen molar-refractivity contribution in [2.45, 2.75) is 90.8 Å². The van der Waals surface area contributed by atoms with Gasteiger partial charge in [-0.1, -0.05) is 33.8 Å². The summed E-state index contributed by atoms with van der Waals surface area (Å²) in [7, 11) is -6.04. The highest BCUT2D eigenvalue weighted by Gasteiger charge is 2.39. The molecule has 1 aliphatic heterocycles. The first-order valence-electron chi connectivity index (χ1n) is 15.1. The fourth-order valence-electron chi connectivity index (χ4n) is 4.79. The van der Waals surface area contributed by atoms with E-state index < -0.39 is 18.4 Å². The van der Waals surface area contributed by atoms with Gasteiger partial charge >= 0.3 is 0 Å². The predicted octanol–water partition coefficient (Wildman–Crippen LogP) is 6.88. The number of fused-ring (bicyclic) bond motifs is 1. The average molecular weight is 634 g/mol. The summed E-state index contributed by atoms with van der Waals surface area (Å²) in [5.74, 6) is 0.804. The van der Waals surface area contributed by atoms with Gasteiger partial charge in [0.25, 0.3) is 10.1 Å². The lowest BCUT2D eigenvalue weighted by Gasteiger charge is -2.36. The Labute approximate surface area is 257 Å². The van der Waals surface area contributed by atoms with Crippen LogP contribution in [0.4, 0.5) is 0 Å². The Morgan fingerprint density at radius 3 is 2.60 bits per heavy atom. The summed E-state index contributed by atoms with van der Waals surface area (Å²) in [4.78, 5) is 4.81. The number of aromatic nitrogens is 3. The molecule has 1 fully saturated rings. The van der Waals surface area contributed by atoms with Crippen LogP contribution in [0.2, 0.25) is 18.1 Å². The van der Waals surface area contributed by atoms with Crippen molar-refractivity contribution in [3.8, 4) is 23.0 Å². The van der Waals surface area contributed by atoms with Crippen LogP contribution >= 0.6 is 0 Å². The van der Waals surface area contributed by atoms with Crippen molar-refractivity contribution in [3.05, 3.63) is 36.4 Å². The molecule has 3 atom stereocenters. The number of pyridine rings is 1. The van der Waals surface area contributed by atoms with E-state index in [-0.39, 0.29) is 29.0 Å². The lowest BCUT2D eigenvalue weighted by Crippen LogP contribution is -2.43. The van der Waals surface area contributed by atoms with E-state index in [1.165, 1.54) is 0 Å². The minimum absolute atomic E-state index is 0.0663. The van der Waals surface area contributed by atoms with Crippen LogP contribution in [0, 0.1) is 5.92 Å². The summed E-state index contributed by atoms with van der Waals surface area (Å²) in [6.45, 7) is 16.2. The molecule has 1 saturated heterocycles. The fourth-order valence-corrected chi connectivity index (χ4v) is 6.69. The molecule has 12 heteroatoms. The number of hydrogen-bond acceptors (Lipinski definition) is 8. The molecule has 0 spiro atoms. The highest BCUT2D eigenvalue weighted by atomic mass is 32.2. The molecule has 1 aliphatic rings. The quantitative estimate of drug-likeness (QED) is 0.122. The van der Waals surface area contributed by atoms with E-state index in [1.54, 1.807) is 6.92 Å². The molecule has 0 saturated carbocycles. The van der Waals surface area contributed by atoms with Gasteiger partial charge in [0, 0.05) is 24.7 Å². The van der Waals surface area contributed by atoms with E-state index in [0.717, 1.165) is 48.2 Å². The van der Waals surface area contributed by atoms with Gasteiger partial charge in [0.2, 0.25) is 14.2 Å². The van der Waals surface area contributed by atoms with Crippen LogP contribution in [0.25, 0.3) is 22.3 Å². The number of rotatable bonds is 13. The molecule has 3 aromatic rings. The maximum atomic E-state index is 11.0. The molecule has 0 aliphatic carbocycles. The molecule has 238 valence electrons. The van der Waals surface area contributed by atoms with Crippen molar-refractivity contribution < 1.29 is 31.6 Å². The van der Waals surface area contributed by atoms with Gasteiger partial charge in [0.1, 0.15) is 17.5 Å². The molecule has 4 rings (SSSR count). The molecular weight excluding hydrogens is 587 g/mol. The molecule has 43 heavy (non-hydrogen) atoms. The molecule has 1 N–H and O–H groups in total. The number of hydrogen-bond donors (Lipinski definition) is 1. The number of benzene rings is 1. The third-order valence-electron chi connectivity index (χ3n) is 8.18. The van der Waals surface area contributed by atoms with Crippen LogP contribution in [0.1, 0.15) is 66.5 Å². The Kier molecular flexibility index (Phi) is 10.6. The van der Waals surface area contributed by atoms with E-state index in [2.05, 4.69) is 46.0 Å². The normalized spacial score (nSPS) is 18.0. The third kappa shape index (κ3) is 9.01. The first-order chi connectivity index (χ1) is 20.1. The number of ether oxygens (including phenoxy) is 3. The topological polar surface area (TPSA) is 122 Å². The second kappa shape index (κ2) is 13.6. The standard InChI is InChI=1S/C31H47N3O7SSi/c1-22(21-42(35,36)37)16-18-38-20-23(2)40-28-12-10-11-26(32-28)30-25-19-24(41-43(6,7)31(3,4)5)14-15-27(25)34(33-30)29-13-8-9-17-39-29/h10-12,14-15,19,22-23,29H,8-9,13,16-18,20-21H2,1-7H3,(H,35,36,37)/t22-,23-,29?/m1/s1. The van der Waals surface area contributed by atoms with Crippen molar-refractivity contribution in [3.63, 3.8) is 0 Å². The summed E-state index contributed by atoms with van der Waals surface area (Å²) >= 11 is 0. The number of nitrogens with zero attached hydrogens (tertiary/aromatic N) is 3. The molecule has 10 nitrogen and oxygen atoms in total. The Morgan fingerprint density at radius 1 is 1.16 bits per heavy atom. The lowest BCUT2D eigenvalue weighted by atomic mass is 10.1. The predicted molar refractivity (Wildman–Crippen MR) is 171 cm³/mol. The van der Waals surface area contributed by atoms with E-state index in [1.807, 2.05) is 35.9 Å². The van der Waals surface area contributed by atoms with Crippen molar-refractivity contribution in [1.29, 1.82) is 0 Å². The van der Waals surface area contributed by atoms with Crippen molar-refractivity contribution in [2.75, 3.05) is 25.6 Å². The Morgan fingerprint density at radius 2 is 1.93 bits per heavy atom. The maximum absolute atomic E-state index is 11.0. The molecule has 0 amide bonds. The van der Waals surface area contributed by atoms with Crippen LogP contribution in [-0.2, 0) is 19.6 Å². The molecule has 0 bridgehead atoms. The van der Waals surface area contributed by atoms with Crippen LogP contribution in [-0.4, -0.2) is 67.7 Å². The zero-order chi connectivity index (χ0) is 31.4. The van der Waals surface area contributed by atoms with Gasteiger partial charge < -0.3 is 18.6 Å². The smallest absolute Gasteiger partial charge is 0.265 e. The first-order valence-corrected chi connectivity index (χ1v) is 19.6. The van der Waals surface area contributed by atoms with Crippen molar-refractivity contribution >= 4 is 29.3 Å². The Balaban J connectivity index is 1.54. The van der Waals surface area contributed by atoms with Gasteiger partial charge in [0.05, 0.1) is 23.6 Å². The molecule has 3 heterocycles. The molecule has 2 aromatic heterocycles. The first kappa shape index (κ1) is 33.4. The SMILES string of the molecule is C[C@H](CCOC[C@@H](C)Oc1cccc(-c2nn(C3CCCCO3)c3ccc(O[Si](C)(C)C(C)(C)C)cc23)n1)CS(=O)(=O)O. The molecule has 0 radical (unpaired) electrons. The Hall–Kier alpha value is -2.51. The van der Waals surface area contributed by atoms with E-state index in [0.29, 0.717) is 31.2 Å². The molecule has 1 aromatic carbocycles. The van der Waals surface area contributed by atoms with Crippen LogP contribution < -0.4 is 9.16 Å². The average Bonchev–Trinajstić information content (AvgIpc) is 3.29. The zero-order valence-electron chi connectivity index (χ0n) is 26.5. The van der Waals surface area contributed by atoms with Gasteiger partial charge in [-0.25, -0.2) is 9.67 Å². The minimum Gasteiger partial charge on any atom is -0.543 e. The monoisotopic (exact) mass is 633 g/mol. The van der Waals surface area contributed by atoms with Crippen molar-refractivity contribution in [2.24, 2.45) is 5.92 Å². The second-order valence-electron chi connectivity index (χ2n) is 13.2. The summed E-state index contributed by atoms with van der Waals surface area (Å²) in [6, 6.07) is 11.8. The second-order valence-corrected chi connectivity index (χ2v) is 19.4. The van der Waals surface area contributed by atoms with Gasteiger partial charge in [0.15, 0.2) is 6.23 Å². The third-order valence-corrected chi connectivity index (χ3v) is 13.5. The summed E-state index contributed by atoms with van der Waals surface area (Å²) < 4.78 is 57.6.